The van der Waals surface area contributed by atoms with E-state index in [0.717, 1.165) is 9.35 Å². The van der Waals surface area contributed by atoms with Gasteiger partial charge in [0.15, 0.2) is 0 Å². The predicted molar refractivity (Wildman–Crippen MR) is 94.7 cm³/mol. The van der Waals surface area contributed by atoms with E-state index in [1.807, 2.05) is 6.92 Å². The summed E-state index contributed by atoms with van der Waals surface area (Å²) in [6.07, 6.45) is 0. The van der Waals surface area contributed by atoms with Gasteiger partial charge in [-0.25, -0.2) is 8.42 Å². The molecule has 0 saturated heterocycles. The zero-order valence-electron chi connectivity index (χ0n) is 11.3. The van der Waals surface area contributed by atoms with Crippen LogP contribution < -0.4 is 10.0 Å². The zero-order chi connectivity index (χ0) is 15.8. The highest BCUT2D eigenvalue weighted by atomic mass is 79.9. The van der Waals surface area contributed by atoms with Gasteiger partial charge in [0.1, 0.15) is 9.20 Å². The molecule has 1 heterocycles. The molecule has 2 rings (SSSR count). The van der Waals surface area contributed by atoms with Crippen LogP contribution in [0.4, 0.5) is 5.69 Å². The maximum atomic E-state index is 12.6. The highest BCUT2D eigenvalue weighted by Gasteiger charge is 2.24. The number of rotatable bonds is 4. The Morgan fingerprint density at radius 2 is 1.90 bits per heavy atom. The molecule has 0 bridgehead atoms. The summed E-state index contributed by atoms with van der Waals surface area (Å²) < 4.78 is 27.5. The third-order valence-corrected chi connectivity index (χ3v) is 7.57. The van der Waals surface area contributed by atoms with Gasteiger partial charge >= 0.3 is 0 Å². The molecule has 0 radical (unpaired) electrons. The van der Waals surface area contributed by atoms with Crippen LogP contribution in [0.25, 0.3) is 0 Å². The van der Waals surface area contributed by atoms with Gasteiger partial charge in [0.05, 0.1) is 9.47 Å². The number of thiophene rings is 1. The zero-order valence-corrected chi connectivity index (χ0v) is 15.4. The number of halogens is 1. The first-order chi connectivity index (χ1) is 9.73. The van der Waals surface area contributed by atoms with Crippen LogP contribution in [0.1, 0.15) is 11.1 Å². The predicted octanol–water partition coefficient (Wildman–Crippen LogP) is 3.28. The number of nitrogens with zero attached hydrogens (tertiary/aromatic N) is 1. The third-order valence-electron chi connectivity index (χ3n) is 2.96. The molecule has 1 aromatic heterocycles. The minimum absolute atomic E-state index is 0.282. The molecule has 0 unspecified atom stereocenters. The van der Waals surface area contributed by atoms with Gasteiger partial charge in [0, 0.05) is 12.6 Å². The number of thiocarbonyl (C=S) groups is 1. The Morgan fingerprint density at radius 3 is 2.33 bits per heavy atom. The van der Waals surface area contributed by atoms with E-state index in [0.29, 0.717) is 15.5 Å². The number of anilines is 1. The first kappa shape index (κ1) is 16.4. The Balaban J connectivity index is 2.38. The Labute approximate surface area is 141 Å². The van der Waals surface area contributed by atoms with E-state index in [4.69, 9.17) is 18.0 Å². The van der Waals surface area contributed by atoms with Crippen molar-refractivity contribution in [3.63, 3.8) is 0 Å². The van der Waals surface area contributed by atoms with E-state index in [9.17, 15) is 8.42 Å². The van der Waals surface area contributed by atoms with E-state index >= 15 is 0 Å². The summed E-state index contributed by atoms with van der Waals surface area (Å²) in [7, 11) is -2.05. The Morgan fingerprint density at radius 1 is 1.33 bits per heavy atom. The van der Waals surface area contributed by atoms with Crippen LogP contribution in [0.3, 0.4) is 0 Å². The molecule has 1 aromatic carbocycles. The van der Waals surface area contributed by atoms with Crippen LogP contribution in [-0.2, 0) is 10.0 Å². The lowest BCUT2D eigenvalue weighted by Gasteiger charge is -2.18. The number of sulfonamides is 1. The minimum Gasteiger partial charge on any atom is -0.389 e. The van der Waals surface area contributed by atoms with E-state index in [1.54, 1.807) is 30.3 Å². The molecule has 0 saturated carbocycles. The van der Waals surface area contributed by atoms with Crippen LogP contribution in [0.15, 0.2) is 38.3 Å². The number of hydrogen-bond acceptors (Lipinski definition) is 4. The second-order valence-corrected chi connectivity index (χ2v) is 9.41. The van der Waals surface area contributed by atoms with Crippen molar-refractivity contribution in [3.05, 3.63) is 45.2 Å². The molecule has 0 aliphatic heterocycles. The summed E-state index contributed by atoms with van der Waals surface area (Å²) in [6, 6.07) is 8.44. The first-order valence-electron chi connectivity index (χ1n) is 5.88. The summed E-state index contributed by atoms with van der Waals surface area (Å²) >= 11 is 9.43. The fourth-order valence-corrected chi connectivity index (χ4v) is 5.40. The summed E-state index contributed by atoms with van der Waals surface area (Å²) in [6.45, 7) is 1.86. The SMILES string of the molecule is Cc1cc(S(=O)(=O)N(C)c2ccc(C(N)=S)cc2)sc1Br. The van der Waals surface area contributed by atoms with Gasteiger partial charge in [-0.3, -0.25) is 4.31 Å². The molecule has 0 amide bonds. The average Bonchev–Trinajstić information content (AvgIpc) is 2.78. The van der Waals surface area contributed by atoms with Gasteiger partial charge < -0.3 is 5.73 Å². The van der Waals surface area contributed by atoms with Crippen molar-refractivity contribution < 1.29 is 8.42 Å². The monoisotopic (exact) mass is 404 g/mol. The molecule has 0 aliphatic carbocycles. The average molecular weight is 405 g/mol. The van der Waals surface area contributed by atoms with Gasteiger partial charge in [0.25, 0.3) is 10.0 Å². The standard InChI is InChI=1S/C13H13BrN2O2S3/c1-8-7-11(20-12(8)14)21(17,18)16(2)10-5-3-9(4-6-10)13(15)19/h3-7H,1-2H3,(H2,15,19). The van der Waals surface area contributed by atoms with Crippen LogP contribution in [0, 0.1) is 6.92 Å². The normalized spacial score (nSPS) is 11.4. The quantitative estimate of drug-likeness (QED) is 0.793. The molecular weight excluding hydrogens is 392 g/mol. The Bertz CT molecular complexity index is 763. The lowest BCUT2D eigenvalue weighted by atomic mass is 10.2. The van der Waals surface area contributed by atoms with Crippen LogP contribution in [0.2, 0.25) is 0 Å². The number of hydrogen-bond donors (Lipinski definition) is 1. The molecule has 2 N–H and O–H groups in total. The second kappa shape index (κ2) is 6.04. The molecule has 0 fully saturated rings. The highest BCUT2D eigenvalue weighted by Crippen LogP contribution is 2.33. The largest absolute Gasteiger partial charge is 0.389 e. The van der Waals surface area contributed by atoms with Crippen molar-refractivity contribution in [2.24, 2.45) is 5.73 Å². The van der Waals surface area contributed by atoms with Crippen LogP contribution in [0.5, 0.6) is 0 Å². The molecular formula is C13H13BrN2O2S3. The smallest absolute Gasteiger partial charge is 0.273 e. The van der Waals surface area contributed by atoms with E-state index in [1.165, 1.54) is 22.7 Å². The summed E-state index contributed by atoms with van der Waals surface area (Å²) in [5, 5.41) is 0. The van der Waals surface area contributed by atoms with Crippen molar-refractivity contribution in [1.82, 2.24) is 0 Å². The maximum absolute atomic E-state index is 12.6. The lowest BCUT2D eigenvalue weighted by molar-refractivity contribution is 0.596. The molecule has 0 spiro atoms. The van der Waals surface area contributed by atoms with Crippen molar-refractivity contribution in [1.29, 1.82) is 0 Å². The molecule has 0 aliphatic rings. The van der Waals surface area contributed by atoms with Crippen molar-refractivity contribution in [2.75, 3.05) is 11.4 Å². The Kier molecular flexibility index (Phi) is 4.72. The van der Waals surface area contributed by atoms with Crippen molar-refractivity contribution in [2.45, 2.75) is 11.1 Å². The molecule has 112 valence electrons. The molecule has 21 heavy (non-hydrogen) atoms. The van der Waals surface area contributed by atoms with Gasteiger partial charge in [0.2, 0.25) is 0 Å². The molecule has 4 nitrogen and oxygen atoms in total. The lowest BCUT2D eigenvalue weighted by Crippen LogP contribution is -2.25. The number of aryl methyl sites for hydroxylation is 1. The molecule has 8 heteroatoms. The van der Waals surface area contributed by atoms with E-state index < -0.39 is 10.0 Å². The topological polar surface area (TPSA) is 63.4 Å². The second-order valence-electron chi connectivity index (χ2n) is 4.41. The van der Waals surface area contributed by atoms with E-state index in [-0.39, 0.29) is 4.99 Å². The van der Waals surface area contributed by atoms with Crippen molar-refractivity contribution in [3.8, 4) is 0 Å². The summed E-state index contributed by atoms with van der Waals surface area (Å²) in [5.41, 5.74) is 7.69. The maximum Gasteiger partial charge on any atom is 0.273 e. The summed E-state index contributed by atoms with van der Waals surface area (Å²) in [4.78, 5) is 0.282. The third kappa shape index (κ3) is 3.28. The minimum atomic E-state index is -3.57. The fraction of sp³-hybridized carbons (Fsp3) is 0.154. The number of benzene rings is 1. The van der Waals surface area contributed by atoms with Crippen LogP contribution in [-0.4, -0.2) is 20.5 Å². The van der Waals surface area contributed by atoms with Gasteiger partial charge in [-0.05, 0) is 58.7 Å². The number of nitrogens with two attached hydrogens (primary N) is 1. The van der Waals surface area contributed by atoms with Crippen molar-refractivity contribution >= 4 is 60.2 Å². The Hall–Kier alpha value is -0.960. The fourth-order valence-electron chi connectivity index (χ4n) is 1.67. The van der Waals surface area contributed by atoms with Gasteiger partial charge in [-0.1, -0.05) is 12.2 Å². The van der Waals surface area contributed by atoms with E-state index in [2.05, 4.69) is 15.9 Å². The van der Waals surface area contributed by atoms with Crippen LogP contribution >= 0.6 is 39.5 Å². The first-order valence-corrected chi connectivity index (χ1v) is 9.34. The summed E-state index contributed by atoms with van der Waals surface area (Å²) in [5.74, 6) is 0. The highest BCUT2D eigenvalue weighted by molar-refractivity contribution is 9.11. The van der Waals surface area contributed by atoms with Gasteiger partial charge in [-0.2, -0.15) is 0 Å². The molecule has 2 aromatic rings. The molecule has 0 atom stereocenters. The van der Waals surface area contributed by atoms with Gasteiger partial charge in [-0.15, -0.1) is 11.3 Å².